The summed E-state index contributed by atoms with van der Waals surface area (Å²) < 4.78 is 1.94. The molecule has 0 fully saturated rings. The van der Waals surface area contributed by atoms with Gasteiger partial charge in [0, 0.05) is 13.6 Å². The second-order valence-electron chi connectivity index (χ2n) is 5.24. The Balaban J connectivity index is 0.00000162. The summed E-state index contributed by atoms with van der Waals surface area (Å²) in [5.41, 5.74) is -0.0447. The zero-order valence-corrected chi connectivity index (χ0v) is 13.7. The molecule has 0 saturated heterocycles. The zero-order chi connectivity index (χ0) is 12.5. The first-order valence-corrected chi connectivity index (χ1v) is 5.87. The predicted octanol–water partition coefficient (Wildman–Crippen LogP) is 1.04. The van der Waals surface area contributed by atoms with E-state index in [1.54, 1.807) is 6.33 Å². The Morgan fingerprint density at radius 2 is 2.11 bits per heavy atom. The number of aromatic nitrogens is 3. The van der Waals surface area contributed by atoms with Gasteiger partial charge >= 0.3 is 0 Å². The highest BCUT2D eigenvalue weighted by molar-refractivity contribution is 14.0. The van der Waals surface area contributed by atoms with Crippen LogP contribution in [0.4, 0.5) is 0 Å². The van der Waals surface area contributed by atoms with Crippen LogP contribution in [0.1, 0.15) is 26.6 Å². The van der Waals surface area contributed by atoms with Crippen molar-refractivity contribution < 1.29 is 0 Å². The van der Waals surface area contributed by atoms with E-state index in [0.29, 0.717) is 6.54 Å². The number of guanidine groups is 1. The predicted molar refractivity (Wildman–Crippen MR) is 82.2 cm³/mol. The molecule has 7 heteroatoms. The number of aliphatic imine (C=N–C) groups is 1. The highest BCUT2D eigenvalue weighted by Gasteiger charge is 2.19. The van der Waals surface area contributed by atoms with Crippen molar-refractivity contribution in [2.75, 3.05) is 20.1 Å². The van der Waals surface area contributed by atoms with Crippen LogP contribution < -0.4 is 5.32 Å². The van der Waals surface area contributed by atoms with Gasteiger partial charge in [-0.3, -0.25) is 4.99 Å². The largest absolute Gasteiger partial charge is 0.349 e. The maximum atomic E-state index is 4.38. The first kappa shape index (κ1) is 15.2. The van der Waals surface area contributed by atoms with Crippen molar-refractivity contribution in [1.82, 2.24) is 25.0 Å². The van der Waals surface area contributed by atoms with Gasteiger partial charge in [0.2, 0.25) is 0 Å². The number of hydrogen-bond acceptors (Lipinski definition) is 5. The molecule has 0 radical (unpaired) electrons. The zero-order valence-electron chi connectivity index (χ0n) is 11.3. The van der Waals surface area contributed by atoms with E-state index in [0.717, 1.165) is 24.9 Å². The molecule has 0 bridgehead atoms. The number of nitrogens with zero attached hydrogens (tertiary/aromatic N) is 5. The van der Waals surface area contributed by atoms with Crippen LogP contribution in [-0.2, 0) is 12.1 Å². The Labute approximate surface area is 125 Å². The van der Waals surface area contributed by atoms with Crippen LogP contribution >= 0.6 is 24.0 Å². The minimum atomic E-state index is -0.0447. The molecule has 0 saturated carbocycles. The summed E-state index contributed by atoms with van der Waals surface area (Å²) >= 11 is 0. The summed E-state index contributed by atoms with van der Waals surface area (Å²) in [5.74, 6) is 1.87. The van der Waals surface area contributed by atoms with Crippen LogP contribution in [0, 0.1) is 0 Å². The van der Waals surface area contributed by atoms with E-state index in [-0.39, 0.29) is 29.5 Å². The van der Waals surface area contributed by atoms with Crippen LogP contribution in [0.25, 0.3) is 0 Å². The first-order chi connectivity index (χ1) is 7.98. The molecule has 1 aliphatic heterocycles. The van der Waals surface area contributed by atoms with Crippen LogP contribution in [0.2, 0.25) is 0 Å². The molecule has 2 rings (SSSR count). The molecule has 6 nitrogen and oxygen atoms in total. The molecule has 102 valence electrons. The van der Waals surface area contributed by atoms with Gasteiger partial charge in [-0.15, -0.1) is 24.0 Å². The topological polar surface area (TPSA) is 58.3 Å². The molecule has 18 heavy (non-hydrogen) atoms. The van der Waals surface area contributed by atoms with Gasteiger partial charge in [0.05, 0.1) is 18.6 Å². The van der Waals surface area contributed by atoms with Crippen LogP contribution in [-0.4, -0.2) is 45.8 Å². The Morgan fingerprint density at radius 3 is 2.67 bits per heavy atom. The van der Waals surface area contributed by atoms with Crippen molar-refractivity contribution in [1.29, 1.82) is 0 Å². The van der Waals surface area contributed by atoms with Gasteiger partial charge in [-0.25, -0.2) is 9.67 Å². The van der Waals surface area contributed by atoms with Gasteiger partial charge < -0.3 is 10.2 Å². The summed E-state index contributed by atoms with van der Waals surface area (Å²) in [6, 6.07) is 0. The lowest BCUT2D eigenvalue weighted by Crippen LogP contribution is -2.36. The summed E-state index contributed by atoms with van der Waals surface area (Å²) in [6.07, 6.45) is 1.60. The standard InChI is InChI=1S/C11H20N6.HI/c1-11(2,3)17-9(14-8-15-17)7-13-10-12-5-6-16(10)4;/h8H,5-7H2,1-4H3,(H,12,13);1H. The van der Waals surface area contributed by atoms with Crippen molar-refractivity contribution in [2.45, 2.75) is 32.9 Å². The smallest absolute Gasteiger partial charge is 0.194 e. The minimum absolute atomic E-state index is 0. The molecule has 0 aliphatic carbocycles. The highest BCUT2D eigenvalue weighted by atomic mass is 127. The normalized spacial score (nSPS) is 15.3. The number of rotatable bonds is 2. The molecular formula is C11H21IN6. The quantitative estimate of drug-likeness (QED) is 0.797. The van der Waals surface area contributed by atoms with Crippen molar-refractivity contribution in [3.8, 4) is 0 Å². The Bertz CT molecular complexity index is 419. The molecule has 1 aromatic heterocycles. The van der Waals surface area contributed by atoms with Crippen molar-refractivity contribution >= 4 is 29.9 Å². The monoisotopic (exact) mass is 364 g/mol. The number of halogens is 1. The van der Waals surface area contributed by atoms with Crippen molar-refractivity contribution in [3.05, 3.63) is 12.2 Å². The molecule has 0 unspecified atom stereocenters. The Kier molecular flexibility index (Phi) is 4.94. The van der Waals surface area contributed by atoms with E-state index in [1.807, 2.05) is 11.7 Å². The molecule has 1 aromatic rings. The fourth-order valence-electron chi connectivity index (χ4n) is 1.83. The van der Waals surface area contributed by atoms with E-state index in [9.17, 15) is 0 Å². The van der Waals surface area contributed by atoms with Crippen molar-refractivity contribution in [2.24, 2.45) is 4.99 Å². The Hall–Kier alpha value is -0.860. The average Bonchev–Trinajstić information content (AvgIpc) is 2.82. The van der Waals surface area contributed by atoms with Crippen LogP contribution in [0.5, 0.6) is 0 Å². The molecular weight excluding hydrogens is 343 g/mol. The second kappa shape index (κ2) is 5.85. The lowest BCUT2D eigenvalue weighted by Gasteiger charge is -2.22. The van der Waals surface area contributed by atoms with Crippen LogP contribution in [0.15, 0.2) is 11.3 Å². The van der Waals surface area contributed by atoms with Gasteiger partial charge in [-0.1, -0.05) is 0 Å². The highest BCUT2D eigenvalue weighted by Crippen LogP contribution is 2.13. The van der Waals surface area contributed by atoms with Gasteiger partial charge in [-0.2, -0.15) is 5.10 Å². The summed E-state index contributed by atoms with van der Waals surface area (Å²) in [7, 11) is 2.04. The lowest BCUT2D eigenvalue weighted by molar-refractivity contribution is 0.339. The van der Waals surface area contributed by atoms with Gasteiger partial charge in [-0.05, 0) is 20.8 Å². The summed E-state index contributed by atoms with van der Waals surface area (Å²) in [4.78, 5) is 10.8. The molecule has 1 aliphatic rings. The van der Waals surface area contributed by atoms with Gasteiger partial charge in [0.1, 0.15) is 12.2 Å². The van der Waals surface area contributed by atoms with E-state index >= 15 is 0 Å². The van der Waals surface area contributed by atoms with E-state index in [1.165, 1.54) is 0 Å². The second-order valence-corrected chi connectivity index (χ2v) is 5.24. The van der Waals surface area contributed by atoms with Gasteiger partial charge in [0.15, 0.2) is 5.96 Å². The fourth-order valence-corrected chi connectivity index (χ4v) is 1.83. The summed E-state index contributed by atoms with van der Waals surface area (Å²) in [6.45, 7) is 8.85. The SMILES string of the molecule is CN1CCN=C1NCc1ncnn1C(C)(C)C.I. The molecule has 2 heterocycles. The molecule has 0 amide bonds. The average molecular weight is 364 g/mol. The number of nitrogens with one attached hydrogen (secondary N) is 1. The van der Waals surface area contributed by atoms with Gasteiger partial charge in [0.25, 0.3) is 0 Å². The van der Waals surface area contributed by atoms with Crippen molar-refractivity contribution in [3.63, 3.8) is 0 Å². The number of hydrogen-bond donors (Lipinski definition) is 1. The third-order valence-electron chi connectivity index (χ3n) is 2.72. The molecule has 0 aromatic carbocycles. The van der Waals surface area contributed by atoms with E-state index in [2.05, 4.69) is 46.1 Å². The third kappa shape index (κ3) is 3.33. The lowest BCUT2D eigenvalue weighted by atomic mass is 10.1. The fraction of sp³-hybridized carbons (Fsp3) is 0.727. The maximum Gasteiger partial charge on any atom is 0.194 e. The van der Waals surface area contributed by atoms with E-state index < -0.39 is 0 Å². The third-order valence-corrected chi connectivity index (χ3v) is 2.72. The maximum absolute atomic E-state index is 4.38. The number of likely N-dealkylation sites (N-methyl/N-ethyl adjacent to an activating group) is 1. The molecule has 0 spiro atoms. The summed E-state index contributed by atoms with van der Waals surface area (Å²) in [5, 5.41) is 7.56. The van der Waals surface area contributed by atoms with Crippen LogP contribution in [0.3, 0.4) is 0 Å². The van der Waals surface area contributed by atoms with E-state index in [4.69, 9.17) is 0 Å². The Morgan fingerprint density at radius 1 is 1.39 bits per heavy atom. The molecule has 1 N–H and O–H groups in total. The first-order valence-electron chi connectivity index (χ1n) is 5.87. The molecule has 0 atom stereocenters. The minimum Gasteiger partial charge on any atom is -0.349 e.